The molecule has 3 nitrogen and oxygen atoms in total. The fraction of sp³-hybridized carbons (Fsp3) is 0.467. The SMILES string of the molecule is CN(c1ccnc2cc(Br)cnc12)C1CCCCC1Br. The fourth-order valence-electron chi connectivity index (χ4n) is 2.96. The second-order valence-corrected chi connectivity index (χ2v) is 7.42. The third-order valence-corrected chi connectivity index (χ3v) is 5.55. The summed E-state index contributed by atoms with van der Waals surface area (Å²) in [7, 11) is 2.17. The summed E-state index contributed by atoms with van der Waals surface area (Å²) in [4.78, 5) is 11.9. The van der Waals surface area contributed by atoms with E-state index in [2.05, 4.69) is 59.8 Å². The molecule has 2 unspecified atom stereocenters. The molecule has 1 fully saturated rings. The lowest BCUT2D eigenvalue weighted by Crippen LogP contribution is -2.40. The standard InChI is InChI=1S/C15H17Br2N3/c1-20(13-5-3-2-4-11(13)17)14-6-7-18-12-8-10(16)9-19-15(12)14/h6-9,11,13H,2-5H2,1H3. The van der Waals surface area contributed by atoms with Crippen LogP contribution in [0.25, 0.3) is 11.0 Å². The number of anilines is 1. The van der Waals surface area contributed by atoms with E-state index in [1.807, 2.05) is 18.5 Å². The van der Waals surface area contributed by atoms with E-state index in [1.54, 1.807) is 0 Å². The third kappa shape index (κ3) is 2.70. The molecule has 0 amide bonds. The summed E-state index contributed by atoms with van der Waals surface area (Å²) in [6.45, 7) is 0. The zero-order chi connectivity index (χ0) is 14.1. The number of hydrogen-bond donors (Lipinski definition) is 0. The van der Waals surface area contributed by atoms with Crippen molar-refractivity contribution >= 4 is 48.6 Å². The molecule has 1 saturated carbocycles. The first-order valence-electron chi connectivity index (χ1n) is 6.94. The van der Waals surface area contributed by atoms with Crippen LogP contribution in [-0.4, -0.2) is 27.9 Å². The van der Waals surface area contributed by atoms with Gasteiger partial charge < -0.3 is 4.90 Å². The second kappa shape index (κ2) is 5.98. The highest BCUT2D eigenvalue weighted by molar-refractivity contribution is 9.10. The first-order chi connectivity index (χ1) is 9.66. The van der Waals surface area contributed by atoms with Gasteiger partial charge in [0.05, 0.1) is 11.2 Å². The maximum Gasteiger partial charge on any atom is 0.112 e. The summed E-state index contributed by atoms with van der Waals surface area (Å²) >= 11 is 7.30. The summed E-state index contributed by atoms with van der Waals surface area (Å²) in [6, 6.07) is 4.61. The van der Waals surface area contributed by atoms with Crippen LogP contribution in [0.15, 0.2) is 29.0 Å². The maximum absolute atomic E-state index is 4.56. The number of aromatic nitrogens is 2. The number of alkyl halides is 1. The lowest BCUT2D eigenvalue weighted by Gasteiger charge is -2.36. The van der Waals surface area contributed by atoms with Gasteiger partial charge in [-0.2, -0.15) is 0 Å². The Bertz CT molecular complexity index is 617. The number of rotatable bonds is 2. The summed E-state index contributed by atoms with van der Waals surface area (Å²) in [5.74, 6) is 0. The molecular weight excluding hydrogens is 382 g/mol. The molecule has 0 saturated heterocycles. The Kier molecular flexibility index (Phi) is 4.26. The van der Waals surface area contributed by atoms with Crippen molar-refractivity contribution in [3.05, 3.63) is 29.0 Å². The van der Waals surface area contributed by atoms with Gasteiger partial charge >= 0.3 is 0 Å². The van der Waals surface area contributed by atoms with Gasteiger partial charge in [-0.3, -0.25) is 9.97 Å². The Labute approximate surface area is 136 Å². The maximum atomic E-state index is 4.56. The topological polar surface area (TPSA) is 29.0 Å². The van der Waals surface area contributed by atoms with Crippen molar-refractivity contribution in [3.8, 4) is 0 Å². The number of hydrogen-bond acceptors (Lipinski definition) is 3. The van der Waals surface area contributed by atoms with E-state index in [-0.39, 0.29) is 0 Å². The van der Waals surface area contributed by atoms with Crippen LogP contribution in [0.5, 0.6) is 0 Å². The van der Waals surface area contributed by atoms with Crippen LogP contribution in [0, 0.1) is 0 Å². The average molecular weight is 399 g/mol. The van der Waals surface area contributed by atoms with E-state index in [9.17, 15) is 0 Å². The van der Waals surface area contributed by atoms with Crippen molar-refractivity contribution in [3.63, 3.8) is 0 Å². The smallest absolute Gasteiger partial charge is 0.112 e. The number of fused-ring (bicyclic) bond motifs is 1. The normalized spacial score (nSPS) is 22.9. The van der Waals surface area contributed by atoms with E-state index in [0.29, 0.717) is 10.9 Å². The van der Waals surface area contributed by atoms with Crippen LogP contribution in [0.2, 0.25) is 0 Å². The molecule has 3 rings (SSSR count). The van der Waals surface area contributed by atoms with Crippen molar-refractivity contribution in [1.29, 1.82) is 0 Å². The van der Waals surface area contributed by atoms with E-state index in [4.69, 9.17) is 0 Å². The van der Waals surface area contributed by atoms with Gasteiger partial charge in [-0.25, -0.2) is 0 Å². The molecule has 5 heteroatoms. The lowest BCUT2D eigenvalue weighted by atomic mass is 9.94. The zero-order valence-corrected chi connectivity index (χ0v) is 14.6. The molecule has 0 spiro atoms. The molecule has 106 valence electrons. The molecule has 0 aliphatic heterocycles. The quantitative estimate of drug-likeness (QED) is 0.695. The molecule has 0 N–H and O–H groups in total. The van der Waals surface area contributed by atoms with Crippen molar-refractivity contribution in [2.75, 3.05) is 11.9 Å². The highest BCUT2D eigenvalue weighted by Crippen LogP contribution is 2.33. The van der Waals surface area contributed by atoms with Gasteiger partial charge in [0.15, 0.2) is 0 Å². The van der Waals surface area contributed by atoms with Gasteiger partial charge in [-0.1, -0.05) is 28.8 Å². The molecule has 2 aromatic heterocycles. The summed E-state index contributed by atoms with van der Waals surface area (Å²) in [5, 5.41) is 0. The Balaban J connectivity index is 2.00. The van der Waals surface area contributed by atoms with E-state index in [1.165, 1.54) is 31.4 Å². The van der Waals surface area contributed by atoms with E-state index in [0.717, 1.165) is 15.5 Å². The average Bonchev–Trinajstić information content (AvgIpc) is 2.46. The van der Waals surface area contributed by atoms with Gasteiger partial charge in [-0.05, 0) is 40.9 Å². The molecule has 20 heavy (non-hydrogen) atoms. The van der Waals surface area contributed by atoms with Gasteiger partial charge in [0.25, 0.3) is 0 Å². The van der Waals surface area contributed by atoms with Crippen LogP contribution < -0.4 is 4.90 Å². The lowest BCUT2D eigenvalue weighted by molar-refractivity contribution is 0.444. The molecule has 0 bridgehead atoms. The molecule has 1 aliphatic carbocycles. The van der Waals surface area contributed by atoms with Crippen LogP contribution in [-0.2, 0) is 0 Å². The van der Waals surface area contributed by atoms with E-state index < -0.39 is 0 Å². The van der Waals surface area contributed by atoms with Crippen molar-refractivity contribution < 1.29 is 0 Å². The Morgan fingerprint density at radius 1 is 1.25 bits per heavy atom. The van der Waals surface area contributed by atoms with Gasteiger partial charge in [0.1, 0.15) is 5.52 Å². The molecule has 0 radical (unpaired) electrons. The van der Waals surface area contributed by atoms with Crippen molar-refractivity contribution in [1.82, 2.24) is 9.97 Å². The highest BCUT2D eigenvalue weighted by Gasteiger charge is 2.27. The molecule has 2 aromatic rings. The summed E-state index contributed by atoms with van der Waals surface area (Å²) < 4.78 is 0.966. The predicted octanol–water partition coefficient (Wildman–Crippen LogP) is 4.53. The largest absolute Gasteiger partial charge is 0.369 e. The predicted molar refractivity (Wildman–Crippen MR) is 90.6 cm³/mol. The van der Waals surface area contributed by atoms with Gasteiger partial charge in [0, 0.05) is 34.8 Å². The van der Waals surface area contributed by atoms with Crippen LogP contribution >= 0.6 is 31.9 Å². The van der Waals surface area contributed by atoms with Gasteiger partial charge in [-0.15, -0.1) is 0 Å². The third-order valence-electron chi connectivity index (χ3n) is 4.05. The Morgan fingerprint density at radius 3 is 2.85 bits per heavy atom. The van der Waals surface area contributed by atoms with Gasteiger partial charge in [0.2, 0.25) is 0 Å². The number of nitrogens with zero attached hydrogens (tertiary/aromatic N) is 3. The second-order valence-electron chi connectivity index (χ2n) is 5.33. The summed E-state index contributed by atoms with van der Waals surface area (Å²) in [6.07, 6.45) is 8.81. The molecule has 1 aliphatic rings. The first kappa shape index (κ1) is 14.3. The molecule has 2 heterocycles. The van der Waals surface area contributed by atoms with Crippen LogP contribution in [0.1, 0.15) is 25.7 Å². The van der Waals surface area contributed by atoms with E-state index >= 15 is 0 Å². The zero-order valence-electron chi connectivity index (χ0n) is 11.4. The highest BCUT2D eigenvalue weighted by atomic mass is 79.9. The monoisotopic (exact) mass is 397 g/mol. The van der Waals surface area contributed by atoms with Crippen LogP contribution in [0.3, 0.4) is 0 Å². The number of halogens is 2. The number of pyridine rings is 2. The first-order valence-corrected chi connectivity index (χ1v) is 8.65. The minimum absolute atomic E-state index is 0.528. The van der Waals surface area contributed by atoms with Crippen molar-refractivity contribution in [2.24, 2.45) is 0 Å². The summed E-state index contributed by atoms with van der Waals surface area (Å²) in [5.41, 5.74) is 3.08. The minimum Gasteiger partial charge on any atom is -0.369 e. The molecule has 0 aromatic carbocycles. The van der Waals surface area contributed by atoms with Crippen molar-refractivity contribution in [2.45, 2.75) is 36.6 Å². The molecule has 2 atom stereocenters. The molecular formula is C15H17Br2N3. The van der Waals surface area contributed by atoms with Crippen LogP contribution in [0.4, 0.5) is 5.69 Å². The fourth-order valence-corrected chi connectivity index (χ4v) is 4.22. The Morgan fingerprint density at radius 2 is 2.05 bits per heavy atom. The Hall–Kier alpha value is -0.680. The minimum atomic E-state index is 0.528.